The zero-order valence-electron chi connectivity index (χ0n) is 47.7. The van der Waals surface area contributed by atoms with E-state index in [-0.39, 0.29) is 33.4 Å². The summed E-state index contributed by atoms with van der Waals surface area (Å²) in [6.07, 6.45) is 6.14. The van der Waals surface area contributed by atoms with Gasteiger partial charge in [0.15, 0.2) is 0 Å². The maximum Gasteiger partial charge on any atom is 0.269 e. The molecule has 12 rings (SSSR count). The first-order valence-corrected chi connectivity index (χ1v) is 22.7. The van der Waals surface area contributed by atoms with E-state index in [9.17, 15) is 0 Å². The van der Waals surface area contributed by atoms with E-state index in [4.69, 9.17) is 23.4 Å². The fraction of sp³-hybridized carbons (Fsp3) is 0.0625. The third kappa shape index (κ3) is 7.84. The highest BCUT2D eigenvalue weighted by Gasteiger charge is 2.23. The molecular weight excluding hydrogens is 841 g/mol. The van der Waals surface area contributed by atoms with Crippen LogP contribution < -0.4 is 9.30 Å². The minimum atomic E-state index is -0.569. The molecule has 3 aromatic heterocycles. The highest BCUT2D eigenvalue weighted by molar-refractivity contribution is 6.10. The van der Waals surface area contributed by atoms with E-state index in [1.807, 2.05) is 91.1 Å². The molecule has 0 aliphatic heterocycles. The lowest BCUT2D eigenvalue weighted by Crippen LogP contribution is -2.31. The monoisotopic (exact) mass is 898 g/mol. The van der Waals surface area contributed by atoms with Gasteiger partial charge in [0.2, 0.25) is 0 Å². The predicted octanol–water partition coefficient (Wildman–Crippen LogP) is 15.5. The van der Waals surface area contributed by atoms with Gasteiger partial charge in [-0.05, 0) is 111 Å². The number of ether oxygens (including phenoxy) is 1. The SMILES string of the molecule is [2H]c1c([2H])c([2H])c(-c2cccc(-c3c([2H])c([2H])c([2H])c([2H])c3[2H])c2-[n+]2[c-]n(-c3cccc(Oc4ccc5c6cc(-c7ccccc7)ccc6n(-c6cc(CC(C)(C)c7ccccc7)ccn6)c5c4)c3)c3ccccc32)c([2H])c1[2H]. The van der Waals surface area contributed by atoms with Crippen LogP contribution in [0.25, 0.3) is 83.4 Å². The summed E-state index contributed by atoms with van der Waals surface area (Å²) < 4.78 is 99.9. The van der Waals surface area contributed by atoms with Gasteiger partial charge in [0, 0.05) is 23.0 Å². The minimum absolute atomic E-state index is 0.133. The minimum Gasteiger partial charge on any atom is -0.458 e. The number of fused-ring (bicyclic) bond motifs is 4. The summed E-state index contributed by atoms with van der Waals surface area (Å²) in [6, 6.07) is 52.2. The Kier molecular flexibility index (Phi) is 8.09. The molecular formula is C64H48N4O. The molecule has 0 saturated heterocycles. The Morgan fingerprint density at radius 3 is 1.99 bits per heavy atom. The van der Waals surface area contributed by atoms with Crippen molar-refractivity contribution in [2.45, 2.75) is 25.7 Å². The van der Waals surface area contributed by atoms with Gasteiger partial charge in [-0.3, -0.25) is 13.7 Å². The molecule has 0 aliphatic rings. The molecule has 0 spiro atoms. The smallest absolute Gasteiger partial charge is 0.269 e. The second kappa shape index (κ2) is 17.4. The fourth-order valence-electron chi connectivity index (χ4n) is 9.51. The first-order chi connectivity index (χ1) is 38.1. The van der Waals surface area contributed by atoms with Gasteiger partial charge in [0.05, 0.1) is 47.1 Å². The molecule has 0 unspecified atom stereocenters. The lowest BCUT2D eigenvalue weighted by Gasteiger charge is -2.25. The lowest BCUT2D eigenvalue weighted by molar-refractivity contribution is -0.571. The topological polar surface area (TPSA) is 35.9 Å². The van der Waals surface area contributed by atoms with Gasteiger partial charge in [-0.1, -0.05) is 190 Å². The van der Waals surface area contributed by atoms with E-state index in [0.717, 1.165) is 50.7 Å². The summed E-state index contributed by atoms with van der Waals surface area (Å²) in [4.78, 5) is 4.99. The second-order valence-electron chi connectivity index (χ2n) is 17.6. The molecule has 3 heterocycles. The van der Waals surface area contributed by atoms with Crippen LogP contribution in [0, 0.1) is 6.33 Å². The molecule has 5 heteroatoms. The Balaban J connectivity index is 0.993. The number of hydrogen-bond acceptors (Lipinski definition) is 2. The Bertz CT molecular complexity index is 4280. The highest BCUT2D eigenvalue weighted by Crippen LogP contribution is 2.39. The van der Waals surface area contributed by atoms with Crippen LogP contribution >= 0.6 is 0 Å². The Morgan fingerprint density at radius 2 is 1.23 bits per heavy atom. The van der Waals surface area contributed by atoms with Gasteiger partial charge in [-0.2, -0.15) is 0 Å². The molecule has 5 nitrogen and oxygen atoms in total. The van der Waals surface area contributed by atoms with Crippen LogP contribution in [0.1, 0.15) is 38.7 Å². The maximum absolute atomic E-state index is 9.07. The third-order valence-corrected chi connectivity index (χ3v) is 12.8. The zero-order chi connectivity index (χ0) is 55.0. The molecule has 0 saturated carbocycles. The molecule has 9 aromatic carbocycles. The van der Waals surface area contributed by atoms with Gasteiger partial charge >= 0.3 is 0 Å². The lowest BCUT2D eigenvalue weighted by atomic mass is 9.79. The molecule has 0 bridgehead atoms. The molecule has 0 radical (unpaired) electrons. The van der Waals surface area contributed by atoms with Crippen LogP contribution in [0.5, 0.6) is 11.5 Å². The summed E-state index contributed by atoms with van der Waals surface area (Å²) in [5.74, 6) is 1.86. The number of nitrogens with zero attached hydrogens (tertiary/aromatic N) is 4. The van der Waals surface area contributed by atoms with Crippen molar-refractivity contribution in [1.82, 2.24) is 14.1 Å². The summed E-state index contributed by atoms with van der Waals surface area (Å²) in [6.45, 7) is 4.53. The Hall–Kier alpha value is -8.80. The molecule has 0 N–H and O–H groups in total. The summed E-state index contributed by atoms with van der Waals surface area (Å²) in [5, 5.41) is 2.09. The van der Waals surface area contributed by atoms with Gasteiger partial charge in [-0.15, -0.1) is 0 Å². The number of imidazole rings is 1. The van der Waals surface area contributed by atoms with Crippen LogP contribution in [-0.4, -0.2) is 14.1 Å². The normalized spacial score (nSPS) is 13.7. The van der Waals surface area contributed by atoms with Crippen molar-refractivity contribution in [3.8, 4) is 62.1 Å². The highest BCUT2D eigenvalue weighted by atomic mass is 16.5. The van der Waals surface area contributed by atoms with Crippen molar-refractivity contribution in [3.05, 3.63) is 260 Å². The number of aromatic nitrogens is 4. The zero-order valence-corrected chi connectivity index (χ0v) is 37.7. The number of benzene rings is 9. The average Bonchev–Trinajstić information content (AvgIpc) is 4.25. The van der Waals surface area contributed by atoms with Crippen molar-refractivity contribution < 1.29 is 23.0 Å². The van der Waals surface area contributed by atoms with Crippen LogP contribution in [0.15, 0.2) is 243 Å². The van der Waals surface area contributed by atoms with E-state index in [1.165, 1.54) is 5.56 Å². The summed E-state index contributed by atoms with van der Waals surface area (Å²) in [7, 11) is 0. The van der Waals surface area contributed by atoms with E-state index in [0.29, 0.717) is 28.2 Å². The van der Waals surface area contributed by atoms with Gasteiger partial charge in [0.25, 0.3) is 6.33 Å². The van der Waals surface area contributed by atoms with Crippen LogP contribution in [0.3, 0.4) is 0 Å². The molecule has 330 valence electrons. The number of hydrogen-bond donors (Lipinski definition) is 0. The van der Waals surface area contributed by atoms with Gasteiger partial charge in [0.1, 0.15) is 17.3 Å². The first kappa shape index (κ1) is 32.0. The van der Waals surface area contributed by atoms with Crippen molar-refractivity contribution in [2.75, 3.05) is 0 Å². The van der Waals surface area contributed by atoms with Crippen LogP contribution in [0.4, 0.5) is 0 Å². The summed E-state index contributed by atoms with van der Waals surface area (Å²) >= 11 is 0. The number of pyridine rings is 1. The average molecular weight is 899 g/mol. The first-order valence-electron chi connectivity index (χ1n) is 27.7. The van der Waals surface area contributed by atoms with E-state index >= 15 is 0 Å². The van der Waals surface area contributed by atoms with Crippen molar-refractivity contribution >= 4 is 32.8 Å². The van der Waals surface area contributed by atoms with E-state index in [1.54, 1.807) is 27.3 Å². The largest absolute Gasteiger partial charge is 0.458 e. The molecule has 12 aromatic rings. The number of rotatable bonds is 11. The van der Waals surface area contributed by atoms with Crippen molar-refractivity contribution in [1.29, 1.82) is 0 Å². The molecule has 0 atom stereocenters. The van der Waals surface area contributed by atoms with Crippen molar-refractivity contribution in [3.63, 3.8) is 0 Å². The van der Waals surface area contributed by atoms with Gasteiger partial charge < -0.3 is 4.74 Å². The predicted molar refractivity (Wildman–Crippen MR) is 282 cm³/mol. The van der Waals surface area contributed by atoms with Crippen LogP contribution in [0.2, 0.25) is 0 Å². The maximum atomic E-state index is 9.07. The summed E-state index contributed by atoms with van der Waals surface area (Å²) in [5.41, 5.74) is 8.42. The van der Waals surface area contributed by atoms with Crippen molar-refractivity contribution in [2.24, 2.45) is 0 Å². The molecule has 69 heavy (non-hydrogen) atoms. The Morgan fingerprint density at radius 1 is 0.551 bits per heavy atom. The third-order valence-electron chi connectivity index (χ3n) is 12.8. The second-order valence-corrected chi connectivity index (χ2v) is 17.6. The molecule has 0 amide bonds. The standard InChI is InChI=1S/C64H48N4O/c1-64(2,50-25-13-6-14-26-50)43-45-37-38-65-62(39-45)68-58-36-33-49(46-19-7-3-8-20-46)40-57(58)56-35-34-53(42-61(56)68)69-52-28-17-27-51(41-52)66-44-67(60-32-16-15-31-59(60)66)63-54(47-21-9-4-10-22-47)29-18-30-55(63)48-23-11-5-12-24-48/h3-42H,43H2,1-2H3/i4D,5D,9D,10D,11D,12D,21D,22D,23D,24D. The van der Waals surface area contributed by atoms with Gasteiger partial charge in [-0.25, -0.2) is 4.98 Å². The molecule has 0 aliphatic carbocycles. The number of para-hydroxylation sites is 3. The van der Waals surface area contributed by atoms with E-state index < -0.39 is 60.4 Å². The quantitative estimate of drug-likeness (QED) is 0.0958. The molecule has 0 fully saturated rings. The fourth-order valence-corrected chi connectivity index (χ4v) is 9.51. The van der Waals surface area contributed by atoms with Crippen LogP contribution in [-0.2, 0) is 11.8 Å². The Labute approximate surface area is 416 Å². The van der Waals surface area contributed by atoms with E-state index in [2.05, 4.69) is 97.5 Å².